The molecule has 1 heterocycles. The normalized spacial score (nSPS) is 10.4. The molecule has 132 valence electrons. The van der Waals surface area contributed by atoms with Gasteiger partial charge in [-0.2, -0.15) is 0 Å². The molecule has 0 aliphatic heterocycles. The van der Waals surface area contributed by atoms with Crippen molar-refractivity contribution in [3.8, 4) is 11.3 Å². The molecule has 0 atom stereocenters. The van der Waals surface area contributed by atoms with Crippen molar-refractivity contribution in [1.82, 2.24) is 4.98 Å². The topological polar surface area (TPSA) is 36.4 Å². The van der Waals surface area contributed by atoms with Crippen molar-refractivity contribution < 1.29 is 4.79 Å². The molecule has 26 heavy (non-hydrogen) atoms. The number of aromatic nitrogens is 1. The highest BCUT2D eigenvalue weighted by Crippen LogP contribution is 2.28. The number of hydrogen-bond donors (Lipinski definition) is 0. The van der Waals surface area contributed by atoms with Gasteiger partial charge in [0.05, 0.1) is 5.69 Å². The molecule has 3 aromatic rings. The van der Waals surface area contributed by atoms with Crippen LogP contribution in [-0.4, -0.2) is 31.5 Å². The van der Waals surface area contributed by atoms with Gasteiger partial charge in [0.2, 0.25) is 0 Å². The molecule has 0 saturated heterocycles. The molecule has 4 nitrogen and oxygen atoms in total. The van der Waals surface area contributed by atoms with Crippen LogP contribution in [0.1, 0.15) is 10.4 Å². The number of thiazole rings is 1. The molecule has 0 aliphatic carbocycles. The lowest BCUT2D eigenvalue weighted by Gasteiger charge is -2.19. The van der Waals surface area contributed by atoms with E-state index in [4.69, 9.17) is 0 Å². The van der Waals surface area contributed by atoms with Gasteiger partial charge in [-0.15, -0.1) is 17.9 Å². The van der Waals surface area contributed by atoms with Crippen molar-refractivity contribution in [3.63, 3.8) is 0 Å². The van der Waals surface area contributed by atoms with Gasteiger partial charge in [0.25, 0.3) is 5.91 Å². The van der Waals surface area contributed by atoms with Crippen LogP contribution < -0.4 is 9.80 Å². The molecule has 1 amide bonds. The Labute approximate surface area is 158 Å². The van der Waals surface area contributed by atoms with Crippen LogP contribution in [0.5, 0.6) is 0 Å². The van der Waals surface area contributed by atoms with E-state index in [9.17, 15) is 4.79 Å². The van der Waals surface area contributed by atoms with Crippen LogP contribution in [-0.2, 0) is 0 Å². The Morgan fingerprint density at radius 3 is 2.62 bits per heavy atom. The monoisotopic (exact) mass is 363 g/mol. The van der Waals surface area contributed by atoms with Crippen molar-refractivity contribution >= 4 is 28.1 Å². The first-order valence-corrected chi connectivity index (χ1v) is 9.19. The molecule has 0 saturated carbocycles. The van der Waals surface area contributed by atoms with E-state index in [0.717, 1.165) is 16.9 Å². The van der Waals surface area contributed by atoms with Gasteiger partial charge in [-0.25, -0.2) is 4.98 Å². The fourth-order valence-corrected chi connectivity index (χ4v) is 3.42. The molecule has 0 radical (unpaired) electrons. The lowest BCUT2D eigenvalue weighted by Crippen LogP contribution is -2.31. The van der Waals surface area contributed by atoms with Gasteiger partial charge < -0.3 is 4.90 Å². The maximum Gasteiger partial charge on any atom is 0.260 e. The molecule has 2 aromatic carbocycles. The van der Waals surface area contributed by atoms with E-state index in [1.54, 1.807) is 11.0 Å². The molecule has 3 rings (SSSR count). The number of nitrogens with zero attached hydrogens (tertiary/aromatic N) is 3. The van der Waals surface area contributed by atoms with E-state index in [1.165, 1.54) is 11.3 Å². The summed E-state index contributed by atoms with van der Waals surface area (Å²) >= 11 is 1.46. The van der Waals surface area contributed by atoms with Gasteiger partial charge >= 0.3 is 0 Å². The smallest absolute Gasteiger partial charge is 0.260 e. The largest absolute Gasteiger partial charge is 0.378 e. The summed E-state index contributed by atoms with van der Waals surface area (Å²) in [4.78, 5) is 21.4. The van der Waals surface area contributed by atoms with Gasteiger partial charge in [0.1, 0.15) is 0 Å². The second kappa shape index (κ2) is 7.97. The second-order valence-electron chi connectivity index (χ2n) is 6.03. The number of amides is 1. The highest BCUT2D eigenvalue weighted by atomic mass is 32.1. The second-order valence-corrected chi connectivity index (χ2v) is 6.87. The lowest BCUT2D eigenvalue weighted by molar-refractivity contribution is 0.0989. The number of hydrogen-bond acceptors (Lipinski definition) is 4. The Hall–Kier alpha value is -2.92. The van der Waals surface area contributed by atoms with Crippen LogP contribution in [0.4, 0.5) is 10.8 Å². The fraction of sp³-hybridized carbons (Fsp3) is 0.143. The summed E-state index contributed by atoms with van der Waals surface area (Å²) in [6, 6.07) is 17.6. The standard InChI is InChI=1S/C21H21N3OS/c1-4-13-24(20(25)17-11-8-12-18(14-17)23(2)3)21-22-19(15-26-21)16-9-6-5-7-10-16/h4-12,14-15H,1,13H2,2-3H3. The molecular weight excluding hydrogens is 342 g/mol. The molecule has 0 bridgehead atoms. The third-order valence-corrected chi connectivity index (χ3v) is 4.82. The summed E-state index contributed by atoms with van der Waals surface area (Å²) in [5.41, 5.74) is 3.53. The summed E-state index contributed by atoms with van der Waals surface area (Å²) < 4.78 is 0. The van der Waals surface area contributed by atoms with E-state index < -0.39 is 0 Å². The molecule has 5 heteroatoms. The SMILES string of the molecule is C=CCN(C(=O)c1cccc(N(C)C)c1)c1nc(-c2ccccc2)cs1. The van der Waals surface area contributed by atoms with Crippen LogP contribution in [0.25, 0.3) is 11.3 Å². The van der Waals surface area contributed by atoms with Crippen molar-refractivity contribution in [2.24, 2.45) is 0 Å². The fourth-order valence-electron chi connectivity index (χ4n) is 2.58. The zero-order valence-corrected chi connectivity index (χ0v) is 15.7. The Kier molecular flexibility index (Phi) is 5.49. The van der Waals surface area contributed by atoms with Crippen molar-refractivity contribution in [2.75, 3.05) is 30.4 Å². The summed E-state index contributed by atoms with van der Waals surface area (Å²) in [5.74, 6) is -0.0810. The van der Waals surface area contributed by atoms with Crippen molar-refractivity contribution in [1.29, 1.82) is 0 Å². The Morgan fingerprint density at radius 2 is 1.92 bits per heavy atom. The Balaban J connectivity index is 1.92. The third-order valence-electron chi connectivity index (χ3n) is 3.96. The molecule has 1 aromatic heterocycles. The molecule has 0 N–H and O–H groups in total. The number of benzene rings is 2. The highest BCUT2D eigenvalue weighted by Gasteiger charge is 2.20. The molecule has 0 spiro atoms. The average Bonchev–Trinajstić information content (AvgIpc) is 3.16. The predicted octanol–water partition coefficient (Wildman–Crippen LogP) is 4.71. The third kappa shape index (κ3) is 3.83. The Morgan fingerprint density at radius 1 is 1.15 bits per heavy atom. The minimum Gasteiger partial charge on any atom is -0.378 e. The highest BCUT2D eigenvalue weighted by molar-refractivity contribution is 7.14. The first kappa shape index (κ1) is 17.9. The van der Waals surface area contributed by atoms with Crippen LogP contribution >= 0.6 is 11.3 Å². The van der Waals surface area contributed by atoms with E-state index in [2.05, 4.69) is 11.6 Å². The van der Waals surface area contributed by atoms with Crippen LogP contribution in [0.2, 0.25) is 0 Å². The maximum atomic E-state index is 13.1. The van der Waals surface area contributed by atoms with Gasteiger partial charge in [-0.05, 0) is 18.2 Å². The first-order chi connectivity index (χ1) is 12.6. The molecule has 0 aliphatic rings. The van der Waals surface area contributed by atoms with Crippen molar-refractivity contribution in [2.45, 2.75) is 0 Å². The summed E-state index contributed by atoms with van der Waals surface area (Å²) in [7, 11) is 3.91. The van der Waals surface area contributed by atoms with Crippen molar-refractivity contribution in [3.05, 3.63) is 78.2 Å². The van der Waals surface area contributed by atoms with Gasteiger partial charge in [-0.1, -0.05) is 42.5 Å². The maximum absolute atomic E-state index is 13.1. The van der Waals surface area contributed by atoms with E-state index in [-0.39, 0.29) is 5.91 Å². The van der Waals surface area contributed by atoms with Gasteiger partial charge in [0.15, 0.2) is 5.13 Å². The number of carbonyl (C=O) groups excluding carboxylic acids is 1. The Bertz CT molecular complexity index is 902. The number of carbonyl (C=O) groups is 1. The minimum atomic E-state index is -0.0810. The number of rotatable bonds is 6. The minimum absolute atomic E-state index is 0.0810. The van der Waals surface area contributed by atoms with Gasteiger partial charge in [0, 0.05) is 42.8 Å². The van der Waals surface area contributed by atoms with Gasteiger partial charge in [-0.3, -0.25) is 9.69 Å². The van der Waals surface area contributed by atoms with E-state index in [0.29, 0.717) is 17.2 Å². The zero-order valence-electron chi connectivity index (χ0n) is 14.9. The van der Waals surface area contributed by atoms with E-state index in [1.807, 2.05) is 79.0 Å². The van der Waals surface area contributed by atoms with Crippen LogP contribution in [0.3, 0.4) is 0 Å². The predicted molar refractivity (Wildman–Crippen MR) is 110 cm³/mol. The zero-order chi connectivity index (χ0) is 18.5. The number of anilines is 2. The van der Waals surface area contributed by atoms with Crippen LogP contribution in [0, 0.1) is 0 Å². The lowest BCUT2D eigenvalue weighted by atomic mass is 10.1. The quantitative estimate of drug-likeness (QED) is 0.595. The summed E-state index contributed by atoms with van der Waals surface area (Å²) in [6.45, 7) is 4.20. The summed E-state index contributed by atoms with van der Waals surface area (Å²) in [6.07, 6.45) is 1.72. The van der Waals surface area contributed by atoms with Crippen LogP contribution in [0.15, 0.2) is 72.6 Å². The molecule has 0 unspecified atom stereocenters. The molecule has 0 fully saturated rings. The molecular formula is C21H21N3OS. The first-order valence-electron chi connectivity index (χ1n) is 8.31. The summed E-state index contributed by atoms with van der Waals surface area (Å²) in [5, 5.41) is 2.65. The average molecular weight is 363 g/mol. The van der Waals surface area contributed by atoms with E-state index >= 15 is 0 Å².